The molecule has 0 unspecified atom stereocenters. The average Bonchev–Trinajstić information content (AvgIpc) is 2.48. The maximum absolute atomic E-state index is 12.2. The molecule has 21 heavy (non-hydrogen) atoms. The molecule has 0 radical (unpaired) electrons. The zero-order valence-corrected chi connectivity index (χ0v) is 12.1. The number of aryl methyl sites for hydroxylation is 2. The Balaban J connectivity index is 2.31. The number of hydrogen-bond acceptors (Lipinski definition) is 4. The summed E-state index contributed by atoms with van der Waals surface area (Å²) < 4.78 is 4.74. The lowest BCUT2D eigenvalue weighted by molar-refractivity contribution is 0.0602. The molecule has 0 aliphatic rings. The Kier molecular flexibility index (Phi) is 4.33. The summed E-state index contributed by atoms with van der Waals surface area (Å²) in [6.45, 7) is 3.67. The molecule has 0 atom stereocenters. The minimum Gasteiger partial charge on any atom is -0.465 e. The van der Waals surface area contributed by atoms with Crippen LogP contribution in [0.15, 0.2) is 36.5 Å². The molecule has 2 aromatic rings. The third kappa shape index (κ3) is 3.45. The smallest absolute Gasteiger partial charge is 0.339 e. The van der Waals surface area contributed by atoms with Crippen LogP contribution in [0, 0.1) is 13.8 Å². The lowest BCUT2D eigenvalue weighted by Gasteiger charge is -2.11. The number of nitrogens with one attached hydrogen (secondary N) is 1. The molecule has 108 valence electrons. The van der Waals surface area contributed by atoms with Gasteiger partial charge < -0.3 is 10.1 Å². The van der Waals surface area contributed by atoms with Crippen LogP contribution in [0.1, 0.15) is 32.0 Å². The van der Waals surface area contributed by atoms with Crippen molar-refractivity contribution in [3.63, 3.8) is 0 Å². The van der Waals surface area contributed by atoms with E-state index in [2.05, 4.69) is 10.3 Å². The van der Waals surface area contributed by atoms with E-state index in [9.17, 15) is 9.59 Å². The van der Waals surface area contributed by atoms with Crippen LogP contribution < -0.4 is 5.32 Å². The van der Waals surface area contributed by atoms with Crippen molar-refractivity contribution < 1.29 is 14.3 Å². The number of methoxy groups -OCH3 is 1. The van der Waals surface area contributed by atoms with Crippen molar-refractivity contribution in [1.29, 1.82) is 0 Å². The molecule has 0 bridgehead atoms. The Hall–Kier alpha value is -2.69. The van der Waals surface area contributed by atoms with Gasteiger partial charge in [-0.25, -0.2) is 4.79 Å². The van der Waals surface area contributed by atoms with E-state index >= 15 is 0 Å². The second-order valence-electron chi connectivity index (χ2n) is 4.68. The van der Waals surface area contributed by atoms with Crippen molar-refractivity contribution in [2.75, 3.05) is 12.4 Å². The van der Waals surface area contributed by atoms with E-state index in [1.54, 1.807) is 30.5 Å². The van der Waals surface area contributed by atoms with Crippen molar-refractivity contribution in [3.8, 4) is 0 Å². The highest BCUT2D eigenvalue weighted by Gasteiger charge is 2.15. The highest BCUT2D eigenvalue weighted by molar-refractivity contribution is 6.08. The van der Waals surface area contributed by atoms with Crippen LogP contribution in [-0.4, -0.2) is 24.0 Å². The fourth-order valence-electron chi connectivity index (χ4n) is 1.93. The zero-order valence-electron chi connectivity index (χ0n) is 12.1. The molecule has 1 amide bonds. The molecule has 1 aromatic heterocycles. The summed E-state index contributed by atoms with van der Waals surface area (Å²) in [4.78, 5) is 28.0. The molecule has 0 spiro atoms. The SMILES string of the molecule is COC(=O)c1cc(C)ccc1NC(=O)c1ccnc(C)c1. The fourth-order valence-corrected chi connectivity index (χ4v) is 1.93. The summed E-state index contributed by atoms with van der Waals surface area (Å²) in [5, 5.41) is 2.73. The second-order valence-corrected chi connectivity index (χ2v) is 4.68. The Morgan fingerprint density at radius 2 is 1.90 bits per heavy atom. The number of pyridine rings is 1. The van der Waals surface area contributed by atoms with E-state index in [0.29, 0.717) is 16.8 Å². The summed E-state index contributed by atoms with van der Waals surface area (Å²) in [6, 6.07) is 8.49. The largest absolute Gasteiger partial charge is 0.465 e. The summed E-state index contributed by atoms with van der Waals surface area (Å²) in [5.41, 5.74) is 2.90. The van der Waals surface area contributed by atoms with Crippen molar-refractivity contribution in [3.05, 3.63) is 58.9 Å². The molecule has 1 aromatic carbocycles. The first-order valence-electron chi connectivity index (χ1n) is 6.44. The number of carbonyl (C=O) groups is 2. The second kappa shape index (κ2) is 6.17. The third-order valence-electron chi connectivity index (χ3n) is 2.99. The number of amides is 1. The van der Waals surface area contributed by atoms with Crippen LogP contribution in [0.4, 0.5) is 5.69 Å². The summed E-state index contributed by atoms with van der Waals surface area (Å²) in [7, 11) is 1.31. The predicted molar refractivity (Wildman–Crippen MR) is 79.4 cm³/mol. The van der Waals surface area contributed by atoms with Gasteiger partial charge >= 0.3 is 5.97 Å². The van der Waals surface area contributed by atoms with Gasteiger partial charge in [0.25, 0.3) is 5.91 Å². The highest BCUT2D eigenvalue weighted by Crippen LogP contribution is 2.19. The fraction of sp³-hybridized carbons (Fsp3) is 0.188. The molecular weight excluding hydrogens is 268 g/mol. The minimum atomic E-state index is -0.486. The summed E-state index contributed by atoms with van der Waals surface area (Å²) in [5.74, 6) is -0.783. The van der Waals surface area contributed by atoms with E-state index in [0.717, 1.165) is 11.3 Å². The lowest BCUT2D eigenvalue weighted by Crippen LogP contribution is -2.15. The number of benzene rings is 1. The van der Waals surface area contributed by atoms with Crippen LogP contribution >= 0.6 is 0 Å². The van der Waals surface area contributed by atoms with Gasteiger partial charge in [0.1, 0.15) is 0 Å². The number of esters is 1. The van der Waals surface area contributed by atoms with Crippen molar-refractivity contribution >= 4 is 17.6 Å². The van der Waals surface area contributed by atoms with E-state index in [1.807, 2.05) is 19.9 Å². The van der Waals surface area contributed by atoms with Crippen molar-refractivity contribution in [2.45, 2.75) is 13.8 Å². The summed E-state index contributed by atoms with van der Waals surface area (Å²) in [6.07, 6.45) is 1.57. The third-order valence-corrected chi connectivity index (χ3v) is 2.99. The van der Waals surface area contributed by atoms with Gasteiger partial charge in [-0.1, -0.05) is 11.6 Å². The number of carbonyl (C=O) groups excluding carboxylic acids is 2. The van der Waals surface area contributed by atoms with Gasteiger partial charge in [-0.15, -0.1) is 0 Å². The standard InChI is InChI=1S/C16H16N2O3/c1-10-4-5-14(13(8-10)16(20)21-3)18-15(19)12-6-7-17-11(2)9-12/h4-9H,1-3H3,(H,18,19). The maximum atomic E-state index is 12.2. The molecule has 2 rings (SSSR count). The molecule has 0 aliphatic heterocycles. The van der Waals surface area contributed by atoms with Gasteiger partial charge in [-0.2, -0.15) is 0 Å². The molecule has 1 N–H and O–H groups in total. The highest BCUT2D eigenvalue weighted by atomic mass is 16.5. The molecule has 0 saturated carbocycles. The first-order valence-corrected chi connectivity index (χ1v) is 6.44. The van der Waals surface area contributed by atoms with Gasteiger partial charge in [0, 0.05) is 17.5 Å². The number of ether oxygens (including phenoxy) is 1. The van der Waals surface area contributed by atoms with Crippen LogP contribution in [0.2, 0.25) is 0 Å². The van der Waals surface area contributed by atoms with Gasteiger partial charge in [-0.05, 0) is 38.1 Å². The average molecular weight is 284 g/mol. The van der Waals surface area contributed by atoms with E-state index < -0.39 is 5.97 Å². The van der Waals surface area contributed by atoms with Gasteiger partial charge in [0.2, 0.25) is 0 Å². The Bertz CT molecular complexity index is 696. The lowest BCUT2D eigenvalue weighted by atomic mass is 10.1. The minimum absolute atomic E-state index is 0.297. The van der Waals surface area contributed by atoms with Gasteiger partial charge in [0.15, 0.2) is 0 Å². The number of anilines is 1. The maximum Gasteiger partial charge on any atom is 0.339 e. The first-order chi connectivity index (χ1) is 10.0. The van der Waals surface area contributed by atoms with Crippen molar-refractivity contribution in [2.24, 2.45) is 0 Å². The van der Waals surface area contributed by atoms with Gasteiger partial charge in [-0.3, -0.25) is 9.78 Å². The van der Waals surface area contributed by atoms with Crippen LogP contribution in [0.25, 0.3) is 0 Å². The van der Waals surface area contributed by atoms with Crippen molar-refractivity contribution in [1.82, 2.24) is 4.98 Å². The predicted octanol–water partition coefficient (Wildman–Crippen LogP) is 2.74. The van der Waals surface area contributed by atoms with Gasteiger partial charge in [0.05, 0.1) is 18.4 Å². The van der Waals surface area contributed by atoms with Crippen LogP contribution in [-0.2, 0) is 4.74 Å². The molecule has 0 fully saturated rings. The Labute approximate surface area is 123 Å². The quantitative estimate of drug-likeness (QED) is 0.880. The summed E-state index contributed by atoms with van der Waals surface area (Å²) >= 11 is 0. The number of nitrogens with zero attached hydrogens (tertiary/aromatic N) is 1. The Morgan fingerprint density at radius 1 is 1.14 bits per heavy atom. The van der Waals surface area contributed by atoms with E-state index in [4.69, 9.17) is 4.74 Å². The number of rotatable bonds is 3. The molecule has 0 aliphatic carbocycles. The number of hydrogen-bond donors (Lipinski definition) is 1. The number of aromatic nitrogens is 1. The van der Waals surface area contributed by atoms with Crippen LogP contribution in [0.3, 0.4) is 0 Å². The van der Waals surface area contributed by atoms with E-state index in [1.165, 1.54) is 7.11 Å². The molecular formula is C16H16N2O3. The normalized spacial score (nSPS) is 10.0. The molecule has 0 saturated heterocycles. The zero-order chi connectivity index (χ0) is 15.4. The first kappa shape index (κ1) is 14.7. The monoisotopic (exact) mass is 284 g/mol. The van der Waals surface area contributed by atoms with E-state index in [-0.39, 0.29) is 5.91 Å². The van der Waals surface area contributed by atoms with Crippen LogP contribution in [0.5, 0.6) is 0 Å². The Morgan fingerprint density at radius 3 is 2.57 bits per heavy atom. The molecule has 1 heterocycles. The molecule has 5 nitrogen and oxygen atoms in total. The molecule has 5 heteroatoms. The topological polar surface area (TPSA) is 68.3 Å².